The van der Waals surface area contributed by atoms with Crippen LogP contribution in [0.3, 0.4) is 0 Å². The fraction of sp³-hybridized carbons (Fsp3) is 0.0625. The summed E-state index contributed by atoms with van der Waals surface area (Å²) < 4.78 is 4.82. The van der Waals surface area contributed by atoms with Crippen LogP contribution in [0.5, 0.6) is 0 Å². The molecule has 0 atom stereocenters. The average Bonchev–Trinajstić information content (AvgIpc) is 2.58. The topological polar surface area (TPSA) is 84.5 Å². The van der Waals surface area contributed by atoms with Crippen molar-refractivity contribution in [3.05, 3.63) is 69.7 Å². The van der Waals surface area contributed by atoms with E-state index in [0.29, 0.717) is 0 Å². The Morgan fingerprint density at radius 2 is 1.38 bits per heavy atom. The third kappa shape index (κ3) is 4.71. The summed E-state index contributed by atoms with van der Waals surface area (Å²) in [6.45, 7) is -0.577. The quantitative estimate of drug-likeness (QED) is 0.643. The minimum atomic E-state index is -0.742. The Labute approximate surface area is 147 Å². The molecule has 0 spiro atoms. The first-order valence-corrected chi connectivity index (χ1v) is 7.50. The highest BCUT2D eigenvalue weighted by atomic mass is 35.5. The van der Waals surface area contributed by atoms with Gasteiger partial charge in [0.2, 0.25) is 0 Å². The summed E-state index contributed by atoms with van der Waals surface area (Å²) in [5.74, 6) is -2.05. The fourth-order valence-electron chi connectivity index (χ4n) is 1.71. The van der Waals surface area contributed by atoms with Crippen LogP contribution in [0.4, 0.5) is 0 Å². The van der Waals surface area contributed by atoms with E-state index in [-0.39, 0.29) is 21.2 Å². The van der Waals surface area contributed by atoms with Gasteiger partial charge in [-0.3, -0.25) is 20.4 Å². The fourth-order valence-corrected chi connectivity index (χ4v) is 2.15. The summed E-state index contributed by atoms with van der Waals surface area (Å²) in [6, 6.07) is 12.6. The van der Waals surface area contributed by atoms with Crippen molar-refractivity contribution < 1.29 is 19.1 Å². The van der Waals surface area contributed by atoms with Gasteiger partial charge in [0.1, 0.15) is 0 Å². The molecule has 0 bridgehead atoms. The number of amides is 2. The molecule has 124 valence electrons. The van der Waals surface area contributed by atoms with Crippen LogP contribution in [0.1, 0.15) is 20.7 Å². The molecule has 0 radical (unpaired) electrons. The van der Waals surface area contributed by atoms with E-state index < -0.39 is 24.4 Å². The summed E-state index contributed by atoms with van der Waals surface area (Å²) in [5.41, 5.74) is 4.64. The maximum absolute atomic E-state index is 11.8. The average molecular weight is 367 g/mol. The first kappa shape index (κ1) is 17.8. The number of esters is 1. The van der Waals surface area contributed by atoms with Crippen molar-refractivity contribution in [3.8, 4) is 0 Å². The molecule has 24 heavy (non-hydrogen) atoms. The largest absolute Gasteiger partial charge is 0.452 e. The molecule has 0 fully saturated rings. The van der Waals surface area contributed by atoms with Crippen molar-refractivity contribution in [2.75, 3.05) is 6.61 Å². The smallest absolute Gasteiger partial charge is 0.340 e. The Morgan fingerprint density at radius 3 is 1.96 bits per heavy atom. The lowest BCUT2D eigenvalue weighted by Crippen LogP contribution is -2.43. The monoisotopic (exact) mass is 366 g/mol. The molecule has 2 N–H and O–H groups in total. The van der Waals surface area contributed by atoms with Gasteiger partial charge in [0.25, 0.3) is 11.8 Å². The van der Waals surface area contributed by atoms with Gasteiger partial charge in [-0.1, -0.05) is 47.5 Å². The van der Waals surface area contributed by atoms with Crippen LogP contribution in [0.25, 0.3) is 0 Å². The molecule has 6 nitrogen and oxygen atoms in total. The van der Waals surface area contributed by atoms with E-state index in [2.05, 4.69) is 10.9 Å². The molecule has 0 heterocycles. The molecule has 2 aromatic rings. The number of halogens is 2. The van der Waals surface area contributed by atoms with Crippen molar-refractivity contribution in [2.45, 2.75) is 0 Å². The lowest BCUT2D eigenvalue weighted by Gasteiger charge is -2.09. The molecule has 0 aliphatic heterocycles. The Balaban J connectivity index is 1.82. The normalized spacial score (nSPS) is 9.92. The van der Waals surface area contributed by atoms with E-state index in [0.717, 1.165) is 0 Å². The molecule has 0 aliphatic carbocycles. The van der Waals surface area contributed by atoms with Crippen molar-refractivity contribution in [1.82, 2.24) is 10.9 Å². The first-order chi connectivity index (χ1) is 11.5. The summed E-state index contributed by atoms with van der Waals surface area (Å²) in [5, 5.41) is 0.462. The Hall–Kier alpha value is -2.57. The minimum absolute atomic E-state index is 0.145. The van der Waals surface area contributed by atoms with E-state index in [1.165, 1.54) is 18.2 Å². The highest BCUT2D eigenvalue weighted by Gasteiger charge is 2.14. The van der Waals surface area contributed by atoms with E-state index in [1.54, 1.807) is 30.3 Å². The van der Waals surface area contributed by atoms with Gasteiger partial charge in [0.05, 0.1) is 21.2 Å². The number of rotatable bonds is 4. The van der Waals surface area contributed by atoms with Gasteiger partial charge in [-0.25, -0.2) is 4.79 Å². The third-order valence-corrected chi connectivity index (χ3v) is 3.52. The van der Waals surface area contributed by atoms with E-state index in [1.807, 2.05) is 0 Å². The second-order valence-electron chi connectivity index (χ2n) is 4.54. The van der Waals surface area contributed by atoms with Crippen LogP contribution in [-0.2, 0) is 9.53 Å². The first-order valence-electron chi connectivity index (χ1n) is 6.74. The molecule has 0 aliphatic rings. The van der Waals surface area contributed by atoms with Crippen molar-refractivity contribution >= 4 is 41.0 Å². The minimum Gasteiger partial charge on any atom is -0.452 e. The summed E-state index contributed by atoms with van der Waals surface area (Å²) in [6.07, 6.45) is 0. The second-order valence-corrected chi connectivity index (χ2v) is 5.35. The zero-order valence-corrected chi connectivity index (χ0v) is 13.7. The molecule has 0 aromatic heterocycles. The number of carbonyl (C=O) groups excluding carboxylic acids is 3. The predicted octanol–water partition coefficient (Wildman–Crippen LogP) is 2.61. The summed E-state index contributed by atoms with van der Waals surface area (Å²) in [4.78, 5) is 35.2. The third-order valence-electron chi connectivity index (χ3n) is 2.86. The van der Waals surface area contributed by atoms with Gasteiger partial charge < -0.3 is 4.74 Å². The lowest BCUT2D eigenvalue weighted by molar-refractivity contribution is -0.125. The highest BCUT2D eigenvalue weighted by Crippen LogP contribution is 2.16. The Kier molecular flexibility index (Phi) is 6.17. The van der Waals surface area contributed by atoms with Crippen LogP contribution >= 0.6 is 23.2 Å². The van der Waals surface area contributed by atoms with Gasteiger partial charge >= 0.3 is 5.97 Å². The summed E-state index contributed by atoms with van der Waals surface area (Å²) >= 11 is 11.7. The van der Waals surface area contributed by atoms with Crippen LogP contribution < -0.4 is 10.9 Å². The predicted molar refractivity (Wildman–Crippen MR) is 88.8 cm³/mol. The molecule has 0 unspecified atom stereocenters. The van der Waals surface area contributed by atoms with Gasteiger partial charge in [0.15, 0.2) is 6.61 Å². The van der Waals surface area contributed by atoms with Crippen LogP contribution in [0.2, 0.25) is 10.0 Å². The Morgan fingerprint density at radius 1 is 0.833 bits per heavy atom. The molecule has 2 aromatic carbocycles. The van der Waals surface area contributed by atoms with Gasteiger partial charge in [-0.05, 0) is 24.3 Å². The van der Waals surface area contributed by atoms with E-state index >= 15 is 0 Å². The molecule has 2 rings (SSSR count). The molecule has 2 amide bonds. The van der Waals surface area contributed by atoms with Crippen LogP contribution in [0.15, 0.2) is 48.5 Å². The molecular formula is C16H12Cl2N2O4. The van der Waals surface area contributed by atoms with Gasteiger partial charge in [0, 0.05) is 0 Å². The number of nitrogens with one attached hydrogen (secondary N) is 2. The standard InChI is InChI=1S/C16H12Cl2N2O4/c17-12-7-3-1-5-10(12)15(22)20-19-14(21)9-24-16(23)11-6-2-4-8-13(11)18/h1-8H,9H2,(H,19,21)(H,20,22). The van der Waals surface area contributed by atoms with Crippen molar-refractivity contribution in [3.63, 3.8) is 0 Å². The molecule has 8 heteroatoms. The number of hydrazine groups is 1. The second kappa shape index (κ2) is 8.33. The van der Waals surface area contributed by atoms with Crippen molar-refractivity contribution in [2.24, 2.45) is 0 Å². The number of ether oxygens (including phenoxy) is 1. The zero-order valence-electron chi connectivity index (χ0n) is 12.2. The molecule has 0 saturated heterocycles. The number of hydrogen-bond donors (Lipinski definition) is 2. The van der Waals surface area contributed by atoms with Gasteiger partial charge in [-0.2, -0.15) is 0 Å². The summed E-state index contributed by atoms with van der Waals surface area (Å²) in [7, 11) is 0. The van der Waals surface area contributed by atoms with Crippen molar-refractivity contribution in [1.29, 1.82) is 0 Å². The van der Waals surface area contributed by atoms with E-state index in [9.17, 15) is 14.4 Å². The maximum Gasteiger partial charge on any atom is 0.340 e. The number of carbonyl (C=O) groups is 3. The lowest BCUT2D eigenvalue weighted by atomic mass is 10.2. The molecule has 0 saturated carbocycles. The van der Waals surface area contributed by atoms with Crippen LogP contribution in [-0.4, -0.2) is 24.4 Å². The highest BCUT2D eigenvalue weighted by molar-refractivity contribution is 6.34. The Bertz CT molecular complexity index is 717. The number of hydrogen-bond acceptors (Lipinski definition) is 4. The zero-order chi connectivity index (χ0) is 17.5. The van der Waals surface area contributed by atoms with Crippen LogP contribution in [0, 0.1) is 0 Å². The molecular weight excluding hydrogens is 355 g/mol. The maximum atomic E-state index is 11.8. The number of benzene rings is 2. The SMILES string of the molecule is O=C(COC(=O)c1ccccc1Cl)NNC(=O)c1ccccc1Cl. The van der Waals surface area contributed by atoms with Gasteiger partial charge in [-0.15, -0.1) is 0 Å². The van der Waals surface area contributed by atoms with E-state index in [4.69, 9.17) is 27.9 Å².